The minimum atomic E-state index is 0.0512. The number of carbonyl (C=O) groups excluding carboxylic acids is 1. The number of amides is 1. The van der Waals surface area contributed by atoms with Crippen molar-refractivity contribution in [3.05, 3.63) is 54.1 Å². The Hall–Kier alpha value is -2.80. The molecule has 1 saturated carbocycles. The fraction of sp³-hybridized carbons (Fsp3) is 0.375. The maximum atomic E-state index is 12.5. The van der Waals surface area contributed by atoms with Crippen molar-refractivity contribution in [2.75, 3.05) is 12.4 Å². The average molecular weight is 437 g/mol. The number of hydrogen-bond acceptors (Lipinski definition) is 5. The number of nitrogens with zero attached hydrogens (tertiary/aromatic N) is 3. The molecule has 0 atom stereocenters. The first kappa shape index (κ1) is 21.4. The molecule has 1 N–H and O–H groups in total. The van der Waals surface area contributed by atoms with Crippen LogP contribution in [0.3, 0.4) is 0 Å². The van der Waals surface area contributed by atoms with E-state index in [1.807, 2.05) is 47.9 Å². The molecule has 6 nitrogen and oxygen atoms in total. The predicted molar refractivity (Wildman–Crippen MR) is 124 cm³/mol. The molecule has 0 saturated heterocycles. The van der Waals surface area contributed by atoms with Crippen LogP contribution in [-0.4, -0.2) is 39.1 Å². The van der Waals surface area contributed by atoms with Crippen LogP contribution in [0.25, 0.3) is 17.1 Å². The smallest absolute Gasteiger partial charge is 0.230 e. The van der Waals surface area contributed by atoms with Gasteiger partial charge in [0.1, 0.15) is 5.75 Å². The lowest BCUT2D eigenvalue weighted by molar-refractivity contribution is -0.119. The van der Waals surface area contributed by atoms with Gasteiger partial charge < -0.3 is 10.1 Å². The molecule has 0 unspecified atom stereocenters. The van der Waals surface area contributed by atoms with E-state index in [0.29, 0.717) is 23.6 Å². The third-order valence-electron chi connectivity index (χ3n) is 5.37. The molecule has 0 bridgehead atoms. The van der Waals surface area contributed by atoms with Crippen LogP contribution in [0.1, 0.15) is 38.2 Å². The van der Waals surface area contributed by atoms with Gasteiger partial charge in [0.15, 0.2) is 11.0 Å². The van der Waals surface area contributed by atoms with Crippen molar-refractivity contribution in [3.63, 3.8) is 0 Å². The first-order chi connectivity index (χ1) is 15.1. The molecule has 1 aliphatic rings. The van der Waals surface area contributed by atoms with E-state index in [2.05, 4.69) is 34.6 Å². The molecule has 0 spiro atoms. The Morgan fingerprint density at radius 3 is 2.65 bits per heavy atom. The first-order valence-electron chi connectivity index (χ1n) is 10.8. The zero-order chi connectivity index (χ0) is 21.6. The number of aryl methyl sites for hydroxylation is 1. The standard InChI is InChI=1S/C24H28N4O2S/c1-3-30-21-13-11-20(12-14-21)28-23(18-8-6-7-17(2)15-18)26-27-24(28)31-16-22(29)25-19-9-4-5-10-19/h6-8,11-15,19H,3-5,9-10,16H2,1-2H3,(H,25,29). The Morgan fingerprint density at radius 2 is 1.94 bits per heavy atom. The summed E-state index contributed by atoms with van der Waals surface area (Å²) in [5.74, 6) is 1.95. The first-order valence-corrected chi connectivity index (χ1v) is 11.8. The molecule has 1 aliphatic carbocycles. The highest BCUT2D eigenvalue weighted by atomic mass is 32.2. The Kier molecular flexibility index (Phi) is 6.92. The van der Waals surface area contributed by atoms with E-state index in [1.54, 1.807) is 0 Å². The third-order valence-corrected chi connectivity index (χ3v) is 6.30. The van der Waals surface area contributed by atoms with Crippen LogP contribution in [0.5, 0.6) is 5.75 Å². The largest absolute Gasteiger partial charge is 0.494 e. The average Bonchev–Trinajstić information content (AvgIpc) is 3.43. The Morgan fingerprint density at radius 1 is 1.16 bits per heavy atom. The van der Waals surface area contributed by atoms with Crippen LogP contribution in [0.15, 0.2) is 53.7 Å². The van der Waals surface area contributed by atoms with Gasteiger partial charge >= 0.3 is 0 Å². The lowest BCUT2D eigenvalue weighted by atomic mass is 10.1. The van der Waals surface area contributed by atoms with Gasteiger partial charge in [-0.2, -0.15) is 0 Å². The SMILES string of the molecule is CCOc1ccc(-n2c(SCC(=O)NC3CCCC3)nnc2-c2cccc(C)c2)cc1. The third kappa shape index (κ3) is 5.28. The summed E-state index contributed by atoms with van der Waals surface area (Å²) in [6.45, 7) is 4.65. The van der Waals surface area contributed by atoms with Crippen molar-refractivity contribution in [1.29, 1.82) is 0 Å². The van der Waals surface area contributed by atoms with E-state index in [-0.39, 0.29) is 5.91 Å². The molecule has 1 fully saturated rings. The van der Waals surface area contributed by atoms with Gasteiger partial charge in [0.05, 0.1) is 12.4 Å². The lowest BCUT2D eigenvalue weighted by Gasteiger charge is -2.13. The zero-order valence-corrected chi connectivity index (χ0v) is 18.8. The van der Waals surface area contributed by atoms with Crippen LogP contribution in [0.4, 0.5) is 0 Å². The summed E-state index contributed by atoms with van der Waals surface area (Å²) in [6.07, 6.45) is 4.56. The van der Waals surface area contributed by atoms with Crippen LogP contribution >= 0.6 is 11.8 Å². The minimum Gasteiger partial charge on any atom is -0.494 e. The summed E-state index contributed by atoms with van der Waals surface area (Å²) < 4.78 is 7.59. The molecule has 0 radical (unpaired) electrons. The molecule has 0 aliphatic heterocycles. The van der Waals surface area contributed by atoms with Crippen molar-refractivity contribution in [2.45, 2.75) is 50.7 Å². The van der Waals surface area contributed by atoms with Gasteiger partial charge in [0, 0.05) is 17.3 Å². The van der Waals surface area contributed by atoms with Crippen molar-refractivity contribution >= 4 is 17.7 Å². The quantitative estimate of drug-likeness (QED) is 0.514. The number of thioether (sulfide) groups is 1. The summed E-state index contributed by atoms with van der Waals surface area (Å²) in [5, 5.41) is 12.7. The normalized spacial score (nSPS) is 14.0. The summed E-state index contributed by atoms with van der Waals surface area (Å²) >= 11 is 1.41. The maximum absolute atomic E-state index is 12.5. The molecular formula is C24H28N4O2S. The second-order valence-corrected chi connectivity index (χ2v) is 8.72. The topological polar surface area (TPSA) is 69.0 Å². The fourth-order valence-corrected chi connectivity index (χ4v) is 4.66. The highest BCUT2D eigenvalue weighted by molar-refractivity contribution is 7.99. The molecule has 3 aromatic rings. The molecule has 4 rings (SSSR count). The highest BCUT2D eigenvalue weighted by Gasteiger charge is 2.20. The molecule has 162 valence electrons. The van der Waals surface area contributed by atoms with Gasteiger partial charge in [0.25, 0.3) is 0 Å². The highest BCUT2D eigenvalue weighted by Crippen LogP contribution is 2.29. The maximum Gasteiger partial charge on any atom is 0.230 e. The molecule has 1 amide bonds. The minimum absolute atomic E-state index is 0.0512. The van der Waals surface area contributed by atoms with Gasteiger partial charge in [0.2, 0.25) is 5.91 Å². The zero-order valence-electron chi connectivity index (χ0n) is 18.0. The summed E-state index contributed by atoms with van der Waals surface area (Å²) in [7, 11) is 0. The second-order valence-electron chi connectivity index (χ2n) is 7.78. The van der Waals surface area contributed by atoms with Crippen LogP contribution in [0.2, 0.25) is 0 Å². The van der Waals surface area contributed by atoms with E-state index in [0.717, 1.165) is 41.2 Å². The van der Waals surface area contributed by atoms with Crippen molar-refractivity contribution in [3.8, 4) is 22.8 Å². The number of hydrogen-bond donors (Lipinski definition) is 1. The van der Waals surface area contributed by atoms with E-state index < -0.39 is 0 Å². The molecule has 31 heavy (non-hydrogen) atoms. The molecule has 7 heteroatoms. The number of ether oxygens (including phenoxy) is 1. The lowest BCUT2D eigenvalue weighted by Crippen LogP contribution is -2.33. The van der Waals surface area contributed by atoms with Crippen LogP contribution < -0.4 is 10.1 Å². The molecule has 1 heterocycles. The van der Waals surface area contributed by atoms with E-state index in [4.69, 9.17) is 4.74 Å². The Bertz CT molecular complexity index is 1030. The van der Waals surface area contributed by atoms with Crippen molar-refractivity contribution in [2.24, 2.45) is 0 Å². The monoisotopic (exact) mass is 436 g/mol. The van der Waals surface area contributed by atoms with Gasteiger partial charge in [-0.15, -0.1) is 10.2 Å². The van der Waals surface area contributed by atoms with E-state index in [1.165, 1.54) is 24.6 Å². The van der Waals surface area contributed by atoms with Gasteiger partial charge in [-0.3, -0.25) is 9.36 Å². The van der Waals surface area contributed by atoms with Gasteiger partial charge in [-0.1, -0.05) is 48.4 Å². The summed E-state index contributed by atoms with van der Waals surface area (Å²) in [5.41, 5.74) is 3.08. The van der Waals surface area contributed by atoms with E-state index in [9.17, 15) is 4.79 Å². The van der Waals surface area contributed by atoms with E-state index >= 15 is 0 Å². The summed E-state index contributed by atoms with van der Waals surface area (Å²) in [6, 6.07) is 16.4. The molecular weight excluding hydrogens is 408 g/mol. The molecule has 2 aromatic carbocycles. The fourth-order valence-electron chi connectivity index (χ4n) is 3.89. The molecule has 1 aromatic heterocycles. The number of rotatable bonds is 8. The van der Waals surface area contributed by atoms with Crippen LogP contribution in [-0.2, 0) is 4.79 Å². The van der Waals surface area contributed by atoms with Gasteiger partial charge in [-0.25, -0.2) is 0 Å². The van der Waals surface area contributed by atoms with Crippen molar-refractivity contribution in [1.82, 2.24) is 20.1 Å². The second kappa shape index (κ2) is 10.0. The van der Waals surface area contributed by atoms with Crippen LogP contribution in [0, 0.1) is 6.92 Å². The summed E-state index contributed by atoms with van der Waals surface area (Å²) in [4.78, 5) is 12.5. The van der Waals surface area contributed by atoms with Crippen molar-refractivity contribution < 1.29 is 9.53 Å². The number of nitrogens with one attached hydrogen (secondary N) is 1. The van der Waals surface area contributed by atoms with Gasteiger partial charge in [-0.05, 0) is 57.0 Å². The number of aromatic nitrogens is 3. The number of carbonyl (C=O) groups is 1. The Labute approximate surface area is 187 Å². The predicted octanol–water partition coefficient (Wildman–Crippen LogP) is 4.79. The Balaban J connectivity index is 1.60. The number of benzene rings is 2.